The molecule has 31 heavy (non-hydrogen) atoms. The third-order valence-electron chi connectivity index (χ3n) is 5.62. The SMILES string of the molecule is CC(C)N(c1ccc(C(=O)N2CCC(F)(F)CC2)cc1)c1ccn2c(=O)n(C)nc2c1. The second kappa shape index (κ2) is 7.79. The van der Waals surface area contributed by atoms with Crippen LogP contribution >= 0.6 is 0 Å². The van der Waals surface area contributed by atoms with Crippen LogP contribution in [0, 0.1) is 0 Å². The topological polar surface area (TPSA) is 62.9 Å². The Kier molecular flexibility index (Phi) is 5.28. The number of hydrogen-bond acceptors (Lipinski definition) is 4. The highest BCUT2D eigenvalue weighted by molar-refractivity contribution is 5.94. The number of nitrogens with zero attached hydrogens (tertiary/aromatic N) is 5. The molecule has 9 heteroatoms. The number of pyridine rings is 1. The smallest absolute Gasteiger partial charge is 0.339 e. The van der Waals surface area contributed by atoms with E-state index in [1.807, 2.05) is 38.1 Å². The number of carbonyl (C=O) groups excluding carboxylic acids is 1. The third kappa shape index (κ3) is 4.04. The minimum Gasteiger partial charge on any atom is -0.339 e. The lowest BCUT2D eigenvalue weighted by Gasteiger charge is -2.32. The van der Waals surface area contributed by atoms with Crippen molar-refractivity contribution in [1.29, 1.82) is 0 Å². The number of amides is 1. The normalized spacial score (nSPS) is 16.1. The van der Waals surface area contributed by atoms with E-state index in [0.717, 1.165) is 11.4 Å². The minimum atomic E-state index is -2.68. The molecule has 2 aromatic heterocycles. The van der Waals surface area contributed by atoms with Gasteiger partial charge in [0, 0.05) is 68.2 Å². The van der Waals surface area contributed by atoms with Gasteiger partial charge in [0.25, 0.3) is 11.8 Å². The molecule has 7 nitrogen and oxygen atoms in total. The standard InChI is InChI=1S/C22H25F2N5O2/c1-15(2)29(18-8-11-28-19(14-18)25-26(3)21(28)31)17-6-4-16(5-7-17)20(30)27-12-9-22(23,24)10-13-27/h4-8,11,14-15H,9-10,12-13H2,1-3H3. The number of hydrogen-bond donors (Lipinski definition) is 0. The molecule has 0 unspecified atom stereocenters. The molecule has 4 rings (SSSR count). The van der Waals surface area contributed by atoms with Crippen LogP contribution in [-0.4, -0.2) is 50.0 Å². The summed E-state index contributed by atoms with van der Waals surface area (Å²) in [5, 5.41) is 4.24. The molecule has 0 saturated carbocycles. The number of piperidine rings is 1. The Morgan fingerprint density at radius 3 is 2.35 bits per heavy atom. The maximum atomic E-state index is 13.4. The molecule has 3 aromatic rings. The zero-order chi connectivity index (χ0) is 22.3. The zero-order valence-electron chi connectivity index (χ0n) is 17.8. The summed E-state index contributed by atoms with van der Waals surface area (Å²) in [7, 11) is 1.61. The van der Waals surface area contributed by atoms with Gasteiger partial charge in [-0.25, -0.2) is 18.3 Å². The number of rotatable bonds is 4. The van der Waals surface area contributed by atoms with Gasteiger partial charge in [-0.05, 0) is 44.2 Å². The number of fused-ring (bicyclic) bond motifs is 1. The number of anilines is 2. The number of aromatic nitrogens is 3. The fraction of sp³-hybridized carbons (Fsp3) is 0.409. The Morgan fingerprint density at radius 2 is 1.74 bits per heavy atom. The summed E-state index contributed by atoms with van der Waals surface area (Å²) in [5.41, 5.74) is 2.55. The molecule has 0 aliphatic carbocycles. The summed E-state index contributed by atoms with van der Waals surface area (Å²) in [6.45, 7) is 4.22. The molecule has 1 amide bonds. The van der Waals surface area contributed by atoms with Gasteiger partial charge in [0.15, 0.2) is 5.65 Å². The van der Waals surface area contributed by atoms with E-state index in [9.17, 15) is 18.4 Å². The quantitative estimate of drug-likeness (QED) is 0.637. The molecule has 0 radical (unpaired) electrons. The van der Waals surface area contributed by atoms with Gasteiger partial charge in [-0.1, -0.05) is 0 Å². The first-order valence-electron chi connectivity index (χ1n) is 10.3. The van der Waals surface area contributed by atoms with Crippen LogP contribution in [0.5, 0.6) is 0 Å². The number of carbonyl (C=O) groups is 1. The molecule has 1 aliphatic heterocycles. The van der Waals surface area contributed by atoms with Crippen LogP contribution in [0.15, 0.2) is 47.4 Å². The molecule has 0 N–H and O–H groups in total. The highest BCUT2D eigenvalue weighted by Gasteiger charge is 2.35. The largest absolute Gasteiger partial charge is 0.350 e. The van der Waals surface area contributed by atoms with Crippen molar-refractivity contribution in [2.45, 2.75) is 38.7 Å². The maximum Gasteiger partial charge on any atom is 0.350 e. The first-order valence-corrected chi connectivity index (χ1v) is 10.3. The summed E-state index contributed by atoms with van der Waals surface area (Å²) in [6, 6.07) is 10.9. The highest BCUT2D eigenvalue weighted by Crippen LogP contribution is 2.30. The third-order valence-corrected chi connectivity index (χ3v) is 5.62. The lowest BCUT2D eigenvalue weighted by molar-refractivity contribution is -0.0494. The molecule has 1 fully saturated rings. The van der Waals surface area contributed by atoms with Crippen LogP contribution in [-0.2, 0) is 7.05 Å². The highest BCUT2D eigenvalue weighted by atomic mass is 19.3. The van der Waals surface area contributed by atoms with Gasteiger partial charge in [0.1, 0.15) is 0 Å². The fourth-order valence-corrected chi connectivity index (χ4v) is 3.95. The minimum absolute atomic E-state index is 0.0646. The second-order valence-electron chi connectivity index (χ2n) is 8.18. The number of aryl methyl sites for hydroxylation is 1. The van der Waals surface area contributed by atoms with Gasteiger partial charge in [-0.2, -0.15) is 5.10 Å². The van der Waals surface area contributed by atoms with Crippen LogP contribution in [0.4, 0.5) is 20.2 Å². The molecular formula is C22H25F2N5O2. The van der Waals surface area contributed by atoms with E-state index in [2.05, 4.69) is 10.00 Å². The van der Waals surface area contributed by atoms with E-state index in [-0.39, 0.29) is 43.6 Å². The lowest BCUT2D eigenvalue weighted by atomic mass is 10.1. The fourth-order valence-electron chi connectivity index (χ4n) is 3.95. The molecule has 3 heterocycles. The van der Waals surface area contributed by atoms with Crippen LogP contribution in [0.3, 0.4) is 0 Å². The van der Waals surface area contributed by atoms with Gasteiger partial charge in [0.05, 0.1) is 0 Å². The summed E-state index contributed by atoms with van der Waals surface area (Å²) in [6.07, 6.45) is 1.10. The molecule has 0 bridgehead atoms. The summed E-state index contributed by atoms with van der Waals surface area (Å²) in [5.74, 6) is -2.91. The first-order chi connectivity index (χ1) is 14.7. The van der Waals surface area contributed by atoms with E-state index in [0.29, 0.717) is 11.2 Å². The number of halogens is 2. The van der Waals surface area contributed by atoms with Gasteiger partial charge in [-0.3, -0.25) is 9.20 Å². The predicted octanol–water partition coefficient (Wildman–Crippen LogP) is 3.45. The Bertz CT molecular complexity index is 1160. The lowest BCUT2D eigenvalue weighted by Crippen LogP contribution is -2.42. The Balaban J connectivity index is 1.59. The molecule has 0 atom stereocenters. The van der Waals surface area contributed by atoms with Crippen LogP contribution < -0.4 is 10.6 Å². The average molecular weight is 429 g/mol. The summed E-state index contributed by atoms with van der Waals surface area (Å²) >= 11 is 0. The van der Waals surface area contributed by atoms with Crippen molar-refractivity contribution < 1.29 is 13.6 Å². The van der Waals surface area contributed by atoms with Gasteiger partial charge >= 0.3 is 5.69 Å². The van der Waals surface area contributed by atoms with Crippen LogP contribution in [0.25, 0.3) is 5.65 Å². The second-order valence-corrected chi connectivity index (χ2v) is 8.18. The van der Waals surface area contributed by atoms with Crippen molar-refractivity contribution >= 4 is 22.9 Å². The molecule has 164 valence electrons. The van der Waals surface area contributed by atoms with E-state index in [1.165, 1.54) is 14.0 Å². The molecule has 1 saturated heterocycles. The zero-order valence-corrected chi connectivity index (χ0v) is 17.8. The van der Waals surface area contributed by atoms with Gasteiger partial charge in [0.2, 0.25) is 0 Å². The van der Waals surface area contributed by atoms with Gasteiger partial charge < -0.3 is 9.80 Å². The maximum absolute atomic E-state index is 13.4. The Labute approximate surface area is 178 Å². The predicted molar refractivity (Wildman–Crippen MR) is 114 cm³/mol. The van der Waals surface area contributed by atoms with E-state index in [1.54, 1.807) is 25.4 Å². The Hall–Kier alpha value is -3.23. The van der Waals surface area contributed by atoms with Gasteiger partial charge in [-0.15, -0.1) is 0 Å². The molecule has 1 aromatic carbocycles. The molecule has 0 spiro atoms. The molecule has 1 aliphatic rings. The van der Waals surface area contributed by atoms with Crippen molar-refractivity contribution in [2.75, 3.05) is 18.0 Å². The number of benzene rings is 1. The van der Waals surface area contributed by atoms with Crippen molar-refractivity contribution in [1.82, 2.24) is 19.1 Å². The summed E-state index contributed by atoms with van der Waals surface area (Å²) in [4.78, 5) is 28.3. The van der Waals surface area contributed by atoms with Crippen molar-refractivity contribution in [3.05, 3.63) is 58.6 Å². The monoisotopic (exact) mass is 429 g/mol. The van der Waals surface area contributed by atoms with Crippen molar-refractivity contribution in [3.63, 3.8) is 0 Å². The van der Waals surface area contributed by atoms with Crippen molar-refractivity contribution in [2.24, 2.45) is 7.05 Å². The number of alkyl halides is 2. The van der Waals surface area contributed by atoms with E-state index < -0.39 is 5.92 Å². The van der Waals surface area contributed by atoms with Crippen LogP contribution in [0.1, 0.15) is 37.0 Å². The van der Waals surface area contributed by atoms with Crippen molar-refractivity contribution in [3.8, 4) is 0 Å². The molecular weight excluding hydrogens is 404 g/mol. The number of likely N-dealkylation sites (tertiary alicyclic amines) is 1. The average Bonchev–Trinajstić information content (AvgIpc) is 3.01. The van der Waals surface area contributed by atoms with Crippen LogP contribution in [0.2, 0.25) is 0 Å². The Morgan fingerprint density at radius 1 is 1.10 bits per heavy atom. The summed E-state index contributed by atoms with van der Waals surface area (Å²) < 4.78 is 29.5. The first kappa shape index (κ1) is 21.0. The van der Waals surface area contributed by atoms with E-state index >= 15 is 0 Å². The van der Waals surface area contributed by atoms with E-state index in [4.69, 9.17) is 0 Å².